The van der Waals surface area contributed by atoms with Crippen LogP contribution in [0.1, 0.15) is 23.7 Å². The third kappa shape index (κ3) is 4.18. The molecule has 0 atom stereocenters. The zero-order valence-corrected chi connectivity index (χ0v) is 17.9. The van der Waals surface area contributed by atoms with Gasteiger partial charge in [0.25, 0.3) is 5.91 Å². The molecule has 0 saturated carbocycles. The SMILES string of the molecule is CCCn1c(NC(=O)c2ccc(F)c(S(=O)(=O)N3CCOCC3)c2)nc2ccccc21. The van der Waals surface area contributed by atoms with Crippen molar-refractivity contribution in [2.75, 3.05) is 31.6 Å². The lowest BCUT2D eigenvalue weighted by Gasteiger charge is -2.26. The summed E-state index contributed by atoms with van der Waals surface area (Å²) in [4.78, 5) is 16.9. The van der Waals surface area contributed by atoms with Crippen molar-refractivity contribution in [2.45, 2.75) is 24.8 Å². The summed E-state index contributed by atoms with van der Waals surface area (Å²) in [6.07, 6.45) is 0.835. The van der Waals surface area contributed by atoms with Gasteiger partial charge in [0.1, 0.15) is 10.7 Å². The van der Waals surface area contributed by atoms with Crippen molar-refractivity contribution in [3.8, 4) is 0 Å². The number of nitrogens with zero attached hydrogens (tertiary/aromatic N) is 3. The molecule has 164 valence electrons. The summed E-state index contributed by atoms with van der Waals surface area (Å²) < 4.78 is 48.4. The first kappa shape index (κ1) is 21.4. The number of aromatic nitrogens is 2. The van der Waals surface area contributed by atoms with Crippen molar-refractivity contribution in [2.24, 2.45) is 0 Å². The number of hydrogen-bond acceptors (Lipinski definition) is 5. The molecular formula is C21H23FN4O4S. The summed E-state index contributed by atoms with van der Waals surface area (Å²) in [5.74, 6) is -1.11. The number of sulfonamides is 1. The number of imidazole rings is 1. The Bertz CT molecular complexity index is 1220. The van der Waals surface area contributed by atoms with Gasteiger partial charge in [-0.05, 0) is 36.8 Å². The van der Waals surface area contributed by atoms with Gasteiger partial charge in [-0.3, -0.25) is 10.1 Å². The molecule has 10 heteroatoms. The number of carbonyl (C=O) groups excluding carboxylic acids is 1. The number of anilines is 1. The smallest absolute Gasteiger partial charge is 0.258 e. The summed E-state index contributed by atoms with van der Waals surface area (Å²) in [5.41, 5.74) is 1.65. The van der Waals surface area contributed by atoms with Crippen LogP contribution in [0.5, 0.6) is 0 Å². The van der Waals surface area contributed by atoms with Crippen LogP contribution in [0.25, 0.3) is 11.0 Å². The summed E-state index contributed by atoms with van der Waals surface area (Å²) in [5, 5.41) is 2.74. The van der Waals surface area contributed by atoms with Crippen molar-refractivity contribution in [1.29, 1.82) is 0 Å². The van der Waals surface area contributed by atoms with E-state index in [9.17, 15) is 17.6 Å². The molecule has 0 aliphatic carbocycles. The highest BCUT2D eigenvalue weighted by Crippen LogP contribution is 2.24. The lowest BCUT2D eigenvalue weighted by molar-refractivity contribution is 0.0729. The summed E-state index contributed by atoms with van der Waals surface area (Å²) in [7, 11) is -4.08. The number of carbonyl (C=O) groups is 1. The van der Waals surface area contributed by atoms with Crippen molar-refractivity contribution in [3.63, 3.8) is 0 Å². The van der Waals surface area contributed by atoms with Crippen LogP contribution in [-0.4, -0.2) is 54.5 Å². The Kier molecular flexibility index (Phi) is 6.03. The van der Waals surface area contributed by atoms with Gasteiger partial charge in [0, 0.05) is 25.2 Å². The Morgan fingerprint density at radius 1 is 1.19 bits per heavy atom. The molecule has 1 fully saturated rings. The molecule has 3 aromatic rings. The van der Waals surface area contributed by atoms with Gasteiger partial charge < -0.3 is 9.30 Å². The zero-order chi connectivity index (χ0) is 22.0. The quantitative estimate of drug-likeness (QED) is 0.629. The van der Waals surface area contributed by atoms with Gasteiger partial charge >= 0.3 is 0 Å². The molecule has 31 heavy (non-hydrogen) atoms. The van der Waals surface area contributed by atoms with E-state index in [1.807, 2.05) is 35.8 Å². The van der Waals surface area contributed by atoms with E-state index in [0.29, 0.717) is 12.5 Å². The Morgan fingerprint density at radius 3 is 2.68 bits per heavy atom. The van der Waals surface area contributed by atoms with Crippen molar-refractivity contribution in [1.82, 2.24) is 13.9 Å². The number of fused-ring (bicyclic) bond motifs is 1. The Hall–Kier alpha value is -2.82. The maximum atomic E-state index is 14.4. The van der Waals surface area contributed by atoms with Gasteiger partial charge in [-0.1, -0.05) is 19.1 Å². The average molecular weight is 447 g/mol. The molecule has 8 nitrogen and oxygen atoms in total. The predicted octanol–water partition coefficient (Wildman–Crippen LogP) is 2.86. The molecular weight excluding hydrogens is 423 g/mol. The lowest BCUT2D eigenvalue weighted by Crippen LogP contribution is -2.41. The molecule has 1 aliphatic heterocycles. The number of aryl methyl sites for hydroxylation is 1. The second-order valence-electron chi connectivity index (χ2n) is 7.19. The second-order valence-corrected chi connectivity index (χ2v) is 9.10. The van der Waals surface area contributed by atoms with E-state index in [1.165, 1.54) is 6.07 Å². The number of halogens is 1. The first-order valence-corrected chi connectivity index (χ1v) is 11.5. The zero-order valence-electron chi connectivity index (χ0n) is 17.0. The Morgan fingerprint density at radius 2 is 1.94 bits per heavy atom. The normalized spacial score (nSPS) is 15.3. The van der Waals surface area contributed by atoms with E-state index in [2.05, 4.69) is 10.3 Å². The lowest BCUT2D eigenvalue weighted by atomic mass is 10.2. The van der Waals surface area contributed by atoms with E-state index >= 15 is 0 Å². The average Bonchev–Trinajstić information content (AvgIpc) is 3.12. The van der Waals surface area contributed by atoms with Crippen LogP contribution >= 0.6 is 0 Å². The van der Waals surface area contributed by atoms with Crippen molar-refractivity contribution < 1.29 is 22.3 Å². The molecule has 0 spiro atoms. The molecule has 0 radical (unpaired) electrons. The second kappa shape index (κ2) is 8.74. The monoisotopic (exact) mass is 446 g/mol. The highest BCUT2D eigenvalue weighted by molar-refractivity contribution is 7.89. The highest BCUT2D eigenvalue weighted by Gasteiger charge is 2.30. The molecule has 1 N–H and O–H groups in total. The molecule has 1 aliphatic rings. The third-order valence-corrected chi connectivity index (χ3v) is 7.02. The fourth-order valence-corrected chi connectivity index (χ4v) is 5.06. The van der Waals surface area contributed by atoms with Gasteiger partial charge in [0.2, 0.25) is 16.0 Å². The summed E-state index contributed by atoms with van der Waals surface area (Å²) in [6.45, 7) is 3.43. The number of benzene rings is 2. The number of amides is 1. The number of nitrogens with one attached hydrogen (secondary N) is 1. The number of para-hydroxylation sites is 2. The minimum atomic E-state index is -4.08. The fraction of sp³-hybridized carbons (Fsp3) is 0.333. The molecule has 2 aromatic carbocycles. The van der Waals surface area contributed by atoms with Gasteiger partial charge in [0.05, 0.1) is 24.2 Å². The van der Waals surface area contributed by atoms with E-state index in [-0.39, 0.29) is 31.9 Å². The highest BCUT2D eigenvalue weighted by atomic mass is 32.2. The maximum absolute atomic E-state index is 14.4. The molecule has 1 amide bonds. The van der Waals surface area contributed by atoms with Crippen molar-refractivity contribution >= 4 is 32.9 Å². The van der Waals surface area contributed by atoms with Crippen LogP contribution in [0.4, 0.5) is 10.3 Å². The first-order chi connectivity index (χ1) is 14.9. The summed E-state index contributed by atoms with van der Waals surface area (Å²) >= 11 is 0. The number of rotatable bonds is 6. The Balaban J connectivity index is 1.65. The maximum Gasteiger partial charge on any atom is 0.258 e. The van der Waals surface area contributed by atoms with Gasteiger partial charge in [-0.25, -0.2) is 17.8 Å². The van der Waals surface area contributed by atoms with Crippen LogP contribution < -0.4 is 5.32 Å². The van der Waals surface area contributed by atoms with Crippen LogP contribution in [-0.2, 0) is 21.3 Å². The number of hydrogen-bond donors (Lipinski definition) is 1. The van der Waals surface area contributed by atoms with Crippen LogP contribution in [0.15, 0.2) is 47.4 Å². The number of ether oxygens (including phenoxy) is 1. The molecule has 0 unspecified atom stereocenters. The largest absolute Gasteiger partial charge is 0.379 e. The van der Waals surface area contributed by atoms with E-state index in [4.69, 9.17) is 4.74 Å². The fourth-order valence-electron chi connectivity index (χ4n) is 3.56. The minimum absolute atomic E-state index is 0.0309. The van der Waals surface area contributed by atoms with Crippen LogP contribution in [0, 0.1) is 5.82 Å². The van der Waals surface area contributed by atoms with Gasteiger partial charge in [-0.15, -0.1) is 0 Å². The van der Waals surface area contributed by atoms with Gasteiger partial charge in [-0.2, -0.15) is 4.31 Å². The molecule has 2 heterocycles. The molecule has 1 saturated heterocycles. The topological polar surface area (TPSA) is 93.5 Å². The molecule has 4 rings (SSSR count). The predicted molar refractivity (Wildman–Crippen MR) is 114 cm³/mol. The third-order valence-electron chi connectivity index (χ3n) is 5.11. The standard InChI is InChI=1S/C21H23FN4O4S/c1-2-9-26-18-6-4-3-5-17(18)23-21(26)24-20(27)15-7-8-16(22)19(14-15)31(28,29)25-10-12-30-13-11-25/h3-8,14H,2,9-13H2,1H3,(H,23,24,27). The minimum Gasteiger partial charge on any atom is -0.379 e. The Labute approximate surface area is 179 Å². The van der Waals surface area contributed by atoms with Crippen molar-refractivity contribution in [3.05, 3.63) is 53.8 Å². The van der Waals surface area contributed by atoms with E-state index in [1.54, 1.807) is 0 Å². The molecule has 0 bridgehead atoms. The van der Waals surface area contributed by atoms with Gasteiger partial charge in [0.15, 0.2) is 0 Å². The summed E-state index contributed by atoms with van der Waals surface area (Å²) in [6, 6.07) is 10.8. The number of morpholine rings is 1. The van der Waals surface area contributed by atoms with E-state index in [0.717, 1.165) is 33.9 Å². The van der Waals surface area contributed by atoms with E-state index < -0.39 is 26.6 Å². The molecule has 1 aromatic heterocycles. The van der Waals surface area contributed by atoms with Crippen LogP contribution in [0.3, 0.4) is 0 Å². The first-order valence-electron chi connectivity index (χ1n) is 10.1. The van der Waals surface area contributed by atoms with Crippen LogP contribution in [0.2, 0.25) is 0 Å².